The van der Waals surface area contributed by atoms with E-state index in [1.165, 1.54) is 14.0 Å². The van der Waals surface area contributed by atoms with Crippen LogP contribution in [0.5, 0.6) is 0 Å². The fraction of sp³-hybridized carbons (Fsp3) is 0.267. The Morgan fingerprint density at radius 2 is 2.10 bits per heavy atom. The second kappa shape index (κ2) is 6.24. The Morgan fingerprint density at radius 1 is 1.30 bits per heavy atom. The highest BCUT2D eigenvalue weighted by Crippen LogP contribution is 2.23. The summed E-state index contributed by atoms with van der Waals surface area (Å²) in [6.07, 6.45) is 1.06. The first-order valence-electron chi connectivity index (χ1n) is 6.54. The maximum Gasteiger partial charge on any atom is 0.238 e. The SMILES string of the molecule is O=C(CN1CCc2sccc2C1)Nc1ccc(I)cc1. The lowest BCUT2D eigenvalue weighted by atomic mass is 10.1. The fourth-order valence-corrected chi connectivity index (χ4v) is 3.63. The highest BCUT2D eigenvalue weighted by Gasteiger charge is 2.19. The number of amides is 1. The number of nitrogens with zero attached hydrogens (tertiary/aromatic N) is 1. The average Bonchev–Trinajstić information content (AvgIpc) is 2.89. The quantitative estimate of drug-likeness (QED) is 0.805. The van der Waals surface area contributed by atoms with E-state index in [4.69, 9.17) is 0 Å². The van der Waals surface area contributed by atoms with Gasteiger partial charge in [-0.1, -0.05) is 0 Å². The molecule has 0 radical (unpaired) electrons. The van der Waals surface area contributed by atoms with Crippen LogP contribution >= 0.6 is 33.9 Å². The van der Waals surface area contributed by atoms with Crippen molar-refractivity contribution in [2.24, 2.45) is 0 Å². The zero-order chi connectivity index (χ0) is 13.9. The lowest BCUT2D eigenvalue weighted by Crippen LogP contribution is -2.36. The molecule has 0 fully saturated rings. The first kappa shape index (κ1) is 14.0. The Hall–Kier alpha value is -0.920. The molecule has 0 atom stereocenters. The van der Waals surface area contributed by atoms with Crippen molar-refractivity contribution in [3.8, 4) is 0 Å². The fourth-order valence-electron chi connectivity index (χ4n) is 2.38. The van der Waals surface area contributed by atoms with Crippen LogP contribution in [0.3, 0.4) is 0 Å². The number of carbonyl (C=O) groups is 1. The maximum atomic E-state index is 12.1. The molecule has 1 aliphatic heterocycles. The van der Waals surface area contributed by atoms with Gasteiger partial charge in [0.25, 0.3) is 0 Å². The summed E-state index contributed by atoms with van der Waals surface area (Å²) >= 11 is 4.08. The van der Waals surface area contributed by atoms with Gasteiger partial charge in [0, 0.05) is 27.2 Å². The van der Waals surface area contributed by atoms with Crippen LogP contribution in [0.15, 0.2) is 35.7 Å². The van der Waals surface area contributed by atoms with Crippen LogP contribution in [0.4, 0.5) is 5.69 Å². The predicted octanol–water partition coefficient (Wildman–Crippen LogP) is 3.35. The molecule has 5 heteroatoms. The number of benzene rings is 1. The summed E-state index contributed by atoms with van der Waals surface area (Å²) in [5.41, 5.74) is 2.24. The van der Waals surface area contributed by atoms with Gasteiger partial charge in [-0.15, -0.1) is 11.3 Å². The van der Waals surface area contributed by atoms with E-state index >= 15 is 0 Å². The number of nitrogens with one attached hydrogen (secondary N) is 1. The zero-order valence-corrected chi connectivity index (χ0v) is 13.9. The molecule has 0 aliphatic carbocycles. The average molecular weight is 398 g/mol. The van der Waals surface area contributed by atoms with Gasteiger partial charge < -0.3 is 5.32 Å². The third kappa shape index (κ3) is 3.39. The Balaban J connectivity index is 1.56. The summed E-state index contributed by atoms with van der Waals surface area (Å²) in [6, 6.07) is 10.0. The number of anilines is 1. The molecule has 3 nitrogen and oxygen atoms in total. The highest BCUT2D eigenvalue weighted by molar-refractivity contribution is 14.1. The van der Waals surface area contributed by atoms with E-state index < -0.39 is 0 Å². The van der Waals surface area contributed by atoms with Gasteiger partial charge in [-0.3, -0.25) is 9.69 Å². The van der Waals surface area contributed by atoms with E-state index in [9.17, 15) is 4.79 Å². The minimum absolute atomic E-state index is 0.0601. The van der Waals surface area contributed by atoms with E-state index in [1.54, 1.807) is 0 Å². The van der Waals surface area contributed by atoms with Crippen molar-refractivity contribution in [3.63, 3.8) is 0 Å². The van der Waals surface area contributed by atoms with Gasteiger partial charge in [-0.2, -0.15) is 0 Å². The van der Waals surface area contributed by atoms with Crippen molar-refractivity contribution < 1.29 is 4.79 Å². The molecular weight excluding hydrogens is 383 g/mol. The molecule has 0 unspecified atom stereocenters. The van der Waals surface area contributed by atoms with Crippen LogP contribution in [-0.2, 0) is 17.8 Å². The third-order valence-corrected chi connectivity index (χ3v) is 5.12. The predicted molar refractivity (Wildman–Crippen MR) is 91.1 cm³/mol. The number of hydrogen-bond donors (Lipinski definition) is 1. The third-order valence-electron chi connectivity index (χ3n) is 3.38. The number of carbonyl (C=O) groups excluding carboxylic acids is 1. The van der Waals surface area contributed by atoms with Crippen LogP contribution in [0, 0.1) is 3.57 Å². The van der Waals surface area contributed by atoms with E-state index in [2.05, 4.69) is 44.3 Å². The molecule has 1 aromatic heterocycles. The molecule has 104 valence electrons. The second-order valence-electron chi connectivity index (χ2n) is 4.88. The molecule has 2 aromatic rings. The molecule has 0 saturated heterocycles. The number of fused-ring (bicyclic) bond motifs is 1. The largest absolute Gasteiger partial charge is 0.325 e. The van der Waals surface area contributed by atoms with Crippen molar-refractivity contribution in [2.45, 2.75) is 13.0 Å². The van der Waals surface area contributed by atoms with E-state index in [1.807, 2.05) is 35.6 Å². The summed E-state index contributed by atoms with van der Waals surface area (Å²) < 4.78 is 1.17. The Labute approximate surface area is 136 Å². The number of halogens is 1. The van der Waals surface area contributed by atoms with Crippen molar-refractivity contribution in [1.29, 1.82) is 0 Å². The summed E-state index contributed by atoms with van der Waals surface area (Å²) in [5.74, 6) is 0.0601. The molecule has 1 N–H and O–H groups in total. The Kier molecular flexibility index (Phi) is 4.38. The maximum absolute atomic E-state index is 12.1. The smallest absolute Gasteiger partial charge is 0.238 e. The lowest BCUT2D eigenvalue weighted by Gasteiger charge is -2.26. The Bertz CT molecular complexity index is 609. The van der Waals surface area contributed by atoms with Crippen molar-refractivity contribution in [2.75, 3.05) is 18.4 Å². The Morgan fingerprint density at radius 3 is 2.90 bits per heavy atom. The van der Waals surface area contributed by atoms with Crippen LogP contribution < -0.4 is 5.32 Å². The van der Waals surface area contributed by atoms with Gasteiger partial charge in [0.05, 0.1) is 6.54 Å². The summed E-state index contributed by atoms with van der Waals surface area (Å²) in [4.78, 5) is 15.7. The van der Waals surface area contributed by atoms with Gasteiger partial charge in [-0.25, -0.2) is 0 Å². The number of rotatable bonds is 3. The summed E-state index contributed by atoms with van der Waals surface area (Å²) in [6.45, 7) is 2.31. The minimum Gasteiger partial charge on any atom is -0.325 e. The van der Waals surface area contributed by atoms with Crippen LogP contribution in [0.25, 0.3) is 0 Å². The van der Waals surface area contributed by atoms with E-state index in [0.29, 0.717) is 6.54 Å². The minimum atomic E-state index is 0.0601. The van der Waals surface area contributed by atoms with Crippen molar-refractivity contribution >= 4 is 45.5 Å². The summed E-state index contributed by atoms with van der Waals surface area (Å²) in [5, 5.41) is 5.09. The molecule has 1 aromatic carbocycles. The van der Waals surface area contributed by atoms with Crippen LogP contribution in [0.1, 0.15) is 10.4 Å². The van der Waals surface area contributed by atoms with Gasteiger partial charge >= 0.3 is 0 Å². The van der Waals surface area contributed by atoms with Crippen LogP contribution in [-0.4, -0.2) is 23.9 Å². The molecule has 1 aliphatic rings. The molecular formula is C15H15IN2OS. The molecule has 3 rings (SSSR count). The molecule has 20 heavy (non-hydrogen) atoms. The first-order chi connectivity index (χ1) is 9.70. The highest BCUT2D eigenvalue weighted by atomic mass is 127. The van der Waals surface area contributed by atoms with Gasteiger partial charge in [0.1, 0.15) is 0 Å². The second-order valence-corrected chi connectivity index (χ2v) is 7.13. The topological polar surface area (TPSA) is 32.3 Å². The van der Waals surface area contributed by atoms with Gasteiger partial charge in [0.2, 0.25) is 5.91 Å². The lowest BCUT2D eigenvalue weighted by molar-refractivity contribution is -0.117. The van der Waals surface area contributed by atoms with Gasteiger partial charge in [0.15, 0.2) is 0 Å². The molecule has 1 amide bonds. The zero-order valence-electron chi connectivity index (χ0n) is 10.9. The molecule has 0 spiro atoms. The van der Waals surface area contributed by atoms with E-state index in [0.717, 1.165) is 25.2 Å². The van der Waals surface area contributed by atoms with Crippen molar-refractivity contribution in [3.05, 3.63) is 49.7 Å². The molecule has 2 heterocycles. The monoisotopic (exact) mass is 398 g/mol. The number of thiophene rings is 1. The van der Waals surface area contributed by atoms with Gasteiger partial charge in [-0.05, 0) is 70.3 Å². The molecule has 0 bridgehead atoms. The van der Waals surface area contributed by atoms with Crippen molar-refractivity contribution in [1.82, 2.24) is 4.90 Å². The molecule has 0 saturated carbocycles. The normalized spacial score (nSPS) is 14.8. The first-order valence-corrected chi connectivity index (χ1v) is 8.49. The summed E-state index contributed by atoms with van der Waals surface area (Å²) in [7, 11) is 0. The van der Waals surface area contributed by atoms with Crippen LogP contribution in [0.2, 0.25) is 0 Å². The number of hydrogen-bond acceptors (Lipinski definition) is 3. The van der Waals surface area contributed by atoms with E-state index in [-0.39, 0.29) is 5.91 Å². The standard InChI is InChI=1S/C15H15IN2OS/c16-12-1-3-13(4-2-12)17-15(19)10-18-7-5-14-11(9-18)6-8-20-14/h1-4,6,8H,5,7,9-10H2,(H,17,19).